The SMILES string of the molecule is C=CCCCCCCCC(=C)COC(C)=O. The van der Waals surface area contributed by atoms with Crippen molar-refractivity contribution in [2.45, 2.75) is 51.9 Å². The van der Waals surface area contributed by atoms with E-state index in [1.165, 1.54) is 32.6 Å². The summed E-state index contributed by atoms with van der Waals surface area (Å²) in [7, 11) is 0. The summed E-state index contributed by atoms with van der Waals surface area (Å²) in [5, 5.41) is 0. The molecular formula is C14H24O2. The maximum absolute atomic E-state index is 10.6. The molecule has 0 saturated carbocycles. The smallest absolute Gasteiger partial charge is 0.302 e. The van der Waals surface area contributed by atoms with Crippen LogP contribution in [0, 0.1) is 0 Å². The Labute approximate surface area is 99.4 Å². The Hall–Kier alpha value is -1.05. The quantitative estimate of drug-likeness (QED) is 0.318. The predicted molar refractivity (Wildman–Crippen MR) is 68.3 cm³/mol. The first-order valence-electron chi connectivity index (χ1n) is 6.07. The average molecular weight is 224 g/mol. The second-order valence-electron chi connectivity index (χ2n) is 4.13. The highest BCUT2D eigenvalue weighted by Crippen LogP contribution is 2.11. The molecule has 0 saturated heterocycles. The number of hydrogen-bond donors (Lipinski definition) is 0. The monoisotopic (exact) mass is 224 g/mol. The minimum absolute atomic E-state index is 0.231. The van der Waals surface area contributed by atoms with Crippen molar-refractivity contribution in [2.75, 3.05) is 6.61 Å². The van der Waals surface area contributed by atoms with E-state index >= 15 is 0 Å². The third kappa shape index (κ3) is 11.0. The van der Waals surface area contributed by atoms with Crippen LogP contribution in [-0.2, 0) is 9.53 Å². The maximum Gasteiger partial charge on any atom is 0.302 e. The fraction of sp³-hybridized carbons (Fsp3) is 0.643. The Morgan fingerprint density at radius 1 is 1.19 bits per heavy atom. The van der Waals surface area contributed by atoms with Crippen molar-refractivity contribution in [3.05, 3.63) is 24.8 Å². The van der Waals surface area contributed by atoms with Gasteiger partial charge in [0.2, 0.25) is 0 Å². The van der Waals surface area contributed by atoms with Gasteiger partial charge in [-0.2, -0.15) is 0 Å². The summed E-state index contributed by atoms with van der Waals surface area (Å²) in [5.74, 6) is -0.231. The third-order valence-electron chi connectivity index (χ3n) is 2.42. The van der Waals surface area contributed by atoms with Gasteiger partial charge in [-0.05, 0) is 31.3 Å². The normalized spacial score (nSPS) is 9.81. The zero-order valence-corrected chi connectivity index (χ0v) is 10.5. The first kappa shape index (κ1) is 14.9. The van der Waals surface area contributed by atoms with E-state index in [0.29, 0.717) is 6.61 Å². The summed E-state index contributed by atoms with van der Waals surface area (Å²) in [6.45, 7) is 9.39. The molecule has 0 aromatic heterocycles. The molecule has 0 aromatic rings. The molecule has 0 radical (unpaired) electrons. The molecule has 0 unspecified atom stereocenters. The van der Waals surface area contributed by atoms with Gasteiger partial charge < -0.3 is 4.74 Å². The maximum atomic E-state index is 10.6. The number of hydrogen-bond acceptors (Lipinski definition) is 2. The fourth-order valence-electron chi connectivity index (χ4n) is 1.47. The molecule has 0 aliphatic carbocycles. The minimum Gasteiger partial charge on any atom is -0.461 e. The van der Waals surface area contributed by atoms with Crippen LogP contribution in [0.4, 0.5) is 0 Å². The number of rotatable bonds is 10. The molecule has 2 nitrogen and oxygen atoms in total. The van der Waals surface area contributed by atoms with Gasteiger partial charge in [0.25, 0.3) is 0 Å². The summed E-state index contributed by atoms with van der Waals surface area (Å²) in [6.07, 6.45) is 10.2. The third-order valence-corrected chi connectivity index (χ3v) is 2.42. The standard InChI is InChI=1S/C14H24O2/c1-4-5-6-7-8-9-10-11-13(2)12-16-14(3)15/h4H,1-2,5-12H2,3H3. The Morgan fingerprint density at radius 2 is 1.81 bits per heavy atom. The molecule has 0 rings (SSSR count). The van der Waals surface area contributed by atoms with Crippen molar-refractivity contribution in [1.82, 2.24) is 0 Å². The van der Waals surface area contributed by atoms with Gasteiger partial charge in [-0.25, -0.2) is 0 Å². The van der Waals surface area contributed by atoms with Crippen molar-refractivity contribution in [2.24, 2.45) is 0 Å². The molecule has 0 aromatic carbocycles. The van der Waals surface area contributed by atoms with Crippen molar-refractivity contribution >= 4 is 5.97 Å². The number of carbonyl (C=O) groups is 1. The first-order valence-corrected chi connectivity index (χ1v) is 6.07. The van der Waals surface area contributed by atoms with Crippen LogP contribution in [-0.4, -0.2) is 12.6 Å². The highest BCUT2D eigenvalue weighted by molar-refractivity contribution is 5.66. The molecule has 0 atom stereocenters. The van der Waals surface area contributed by atoms with Crippen LogP contribution in [0.3, 0.4) is 0 Å². The lowest BCUT2D eigenvalue weighted by Crippen LogP contribution is -2.02. The van der Waals surface area contributed by atoms with Gasteiger partial charge >= 0.3 is 5.97 Å². The molecular weight excluding hydrogens is 200 g/mol. The van der Waals surface area contributed by atoms with Gasteiger partial charge in [-0.1, -0.05) is 31.9 Å². The molecule has 0 spiro atoms. The largest absolute Gasteiger partial charge is 0.461 e. The molecule has 0 amide bonds. The van der Waals surface area contributed by atoms with Crippen molar-refractivity contribution in [3.63, 3.8) is 0 Å². The van der Waals surface area contributed by atoms with E-state index in [1.54, 1.807) is 0 Å². The van der Waals surface area contributed by atoms with E-state index in [4.69, 9.17) is 4.74 Å². The number of unbranched alkanes of at least 4 members (excludes halogenated alkanes) is 5. The van der Waals surface area contributed by atoms with Gasteiger partial charge in [0.15, 0.2) is 0 Å². The van der Waals surface area contributed by atoms with Crippen molar-refractivity contribution in [3.8, 4) is 0 Å². The van der Waals surface area contributed by atoms with Crippen LogP contribution < -0.4 is 0 Å². The van der Waals surface area contributed by atoms with Crippen LogP contribution in [0.25, 0.3) is 0 Å². The van der Waals surface area contributed by atoms with E-state index in [1.807, 2.05) is 6.08 Å². The van der Waals surface area contributed by atoms with E-state index in [2.05, 4.69) is 13.2 Å². The summed E-state index contributed by atoms with van der Waals surface area (Å²) in [6, 6.07) is 0. The van der Waals surface area contributed by atoms with E-state index in [9.17, 15) is 4.79 Å². The summed E-state index contributed by atoms with van der Waals surface area (Å²) >= 11 is 0. The molecule has 0 aliphatic heterocycles. The van der Waals surface area contributed by atoms with Gasteiger partial charge in [-0.3, -0.25) is 4.79 Å². The molecule has 0 bridgehead atoms. The van der Waals surface area contributed by atoms with Gasteiger partial charge in [-0.15, -0.1) is 6.58 Å². The van der Waals surface area contributed by atoms with Crippen molar-refractivity contribution < 1.29 is 9.53 Å². The Balaban J connectivity index is 3.21. The van der Waals surface area contributed by atoms with Gasteiger partial charge in [0, 0.05) is 6.92 Å². The number of esters is 1. The van der Waals surface area contributed by atoms with Crippen LogP contribution in [0.1, 0.15) is 51.9 Å². The highest BCUT2D eigenvalue weighted by atomic mass is 16.5. The Bertz CT molecular complexity index is 219. The van der Waals surface area contributed by atoms with Gasteiger partial charge in [0.05, 0.1) is 0 Å². The van der Waals surface area contributed by atoms with Crippen LogP contribution in [0.5, 0.6) is 0 Å². The number of allylic oxidation sites excluding steroid dienone is 1. The zero-order chi connectivity index (χ0) is 12.2. The lowest BCUT2D eigenvalue weighted by Gasteiger charge is -2.05. The summed E-state index contributed by atoms with van der Waals surface area (Å²) in [4.78, 5) is 10.6. The van der Waals surface area contributed by atoms with Crippen LogP contribution >= 0.6 is 0 Å². The molecule has 0 heterocycles. The zero-order valence-electron chi connectivity index (χ0n) is 10.5. The topological polar surface area (TPSA) is 26.3 Å². The molecule has 0 aliphatic rings. The molecule has 0 fully saturated rings. The molecule has 0 N–H and O–H groups in total. The van der Waals surface area contributed by atoms with Crippen LogP contribution in [0.2, 0.25) is 0 Å². The number of carbonyl (C=O) groups excluding carboxylic acids is 1. The minimum atomic E-state index is -0.231. The van der Waals surface area contributed by atoms with E-state index in [-0.39, 0.29) is 5.97 Å². The highest BCUT2D eigenvalue weighted by Gasteiger charge is 1.98. The summed E-state index contributed by atoms with van der Waals surface area (Å²) < 4.78 is 4.86. The van der Waals surface area contributed by atoms with E-state index in [0.717, 1.165) is 24.8 Å². The molecule has 16 heavy (non-hydrogen) atoms. The van der Waals surface area contributed by atoms with E-state index < -0.39 is 0 Å². The predicted octanol–water partition coefficient (Wildman–Crippen LogP) is 4.02. The second kappa shape index (κ2) is 10.5. The lowest BCUT2D eigenvalue weighted by atomic mass is 10.1. The fourth-order valence-corrected chi connectivity index (χ4v) is 1.47. The first-order chi connectivity index (χ1) is 7.66. The molecule has 92 valence electrons. The Morgan fingerprint density at radius 3 is 2.44 bits per heavy atom. The summed E-state index contributed by atoms with van der Waals surface area (Å²) in [5.41, 5.74) is 1.02. The van der Waals surface area contributed by atoms with Crippen molar-refractivity contribution in [1.29, 1.82) is 0 Å². The number of ether oxygens (including phenoxy) is 1. The lowest BCUT2D eigenvalue weighted by molar-refractivity contribution is -0.140. The average Bonchev–Trinajstić information content (AvgIpc) is 2.25. The Kier molecular flexibility index (Phi) is 9.78. The van der Waals surface area contributed by atoms with Gasteiger partial charge in [0.1, 0.15) is 6.61 Å². The molecule has 2 heteroatoms. The van der Waals surface area contributed by atoms with Crippen LogP contribution in [0.15, 0.2) is 24.8 Å². The second-order valence-corrected chi connectivity index (χ2v) is 4.13.